The van der Waals surface area contributed by atoms with Gasteiger partial charge in [-0.2, -0.15) is 0 Å². The number of allylic oxidation sites excluding steroid dienone is 2. The van der Waals surface area contributed by atoms with Crippen molar-refractivity contribution in [1.82, 2.24) is 0 Å². The molecule has 6 unspecified atom stereocenters. The molecular weight excluding hydrogens is 156 g/mol. The summed E-state index contributed by atoms with van der Waals surface area (Å²) in [5, 5.41) is 0. The summed E-state index contributed by atoms with van der Waals surface area (Å²) in [6, 6.07) is 0. The van der Waals surface area contributed by atoms with Crippen LogP contribution in [-0.2, 0) is 0 Å². The summed E-state index contributed by atoms with van der Waals surface area (Å²) >= 11 is 0. The van der Waals surface area contributed by atoms with Crippen LogP contribution in [0.25, 0.3) is 0 Å². The molecule has 0 heterocycles. The molecule has 0 aliphatic rings. The zero-order chi connectivity index (χ0) is 13.6. The van der Waals surface area contributed by atoms with Gasteiger partial charge in [0.2, 0.25) is 0 Å². The zero-order valence-corrected chi connectivity index (χ0v) is 9.33. The van der Waals surface area contributed by atoms with E-state index in [1.54, 1.807) is 13.0 Å². The topological polar surface area (TPSA) is 0 Å². The fourth-order valence-electron chi connectivity index (χ4n) is 1.11. The molecule has 0 aromatic heterocycles. The van der Waals surface area contributed by atoms with Crippen LogP contribution < -0.4 is 0 Å². The normalized spacial score (nSPS) is 30.5. The second-order valence-electron chi connectivity index (χ2n) is 3.47. The Kier molecular flexibility index (Phi) is 4.55. The third kappa shape index (κ3) is 6.86. The number of hydrogen-bond donors (Lipinski definition) is 0. The predicted octanol–water partition coefficient (Wildman–Crippen LogP) is 4.81. The molecule has 0 saturated carbocycles. The van der Waals surface area contributed by atoms with Crippen LogP contribution in [0.2, 0.25) is 0 Å². The minimum absolute atomic E-state index is 0.0205. The Morgan fingerprint density at radius 1 is 1.08 bits per heavy atom. The van der Waals surface area contributed by atoms with Crippen molar-refractivity contribution in [3.63, 3.8) is 0 Å². The molecule has 0 heteroatoms. The molecule has 13 heavy (non-hydrogen) atoms. The van der Waals surface area contributed by atoms with E-state index in [9.17, 15) is 0 Å². The van der Waals surface area contributed by atoms with E-state index in [4.69, 9.17) is 5.48 Å². The Hall–Kier alpha value is -0.260. The van der Waals surface area contributed by atoms with E-state index in [-0.39, 0.29) is 11.8 Å². The quantitative estimate of drug-likeness (QED) is 0.501. The SMILES string of the molecule is [2H]C(C)C([2H])C(C)C(C)C([2H])C([2H])/C=C/CC. The Morgan fingerprint density at radius 2 is 1.69 bits per heavy atom. The van der Waals surface area contributed by atoms with Crippen LogP contribution in [0.4, 0.5) is 0 Å². The number of hydrogen-bond acceptors (Lipinski definition) is 0. The first-order valence-electron chi connectivity index (χ1n) is 7.49. The second kappa shape index (κ2) is 8.34. The Balaban J connectivity index is 4.47. The molecule has 0 rings (SSSR count). The Morgan fingerprint density at radius 3 is 2.23 bits per heavy atom. The van der Waals surface area contributed by atoms with Gasteiger partial charge in [0.15, 0.2) is 0 Å². The minimum Gasteiger partial charge on any atom is -0.0888 e. The molecule has 0 aliphatic carbocycles. The van der Waals surface area contributed by atoms with Crippen molar-refractivity contribution in [2.75, 3.05) is 0 Å². The summed E-state index contributed by atoms with van der Waals surface area (Å²) in [5.41, 5.74) is 0. The highest BCUT2D eigenvalue weighted by Gasteiger charge is 2.09. The lowest BCUT2D eigenvalue weighted by Gasteiger charge is -2.18. The highest BCUT2D eigenvalue weighted by atomic mass is 14.1. The predicted molar refractivity (Wildman–Crippen MR) is 61.9 cm³/mol. The van der Waals surface area contributed by atoms with Crippen LogP contribution in [0.15, 0.2) is 12.2 Å². The van der Waals surface area contributed by atoms with Gasteiger partial charge in [0.1, 0.15) is 0 Å². The smallest absolute Gasteiger partial charge is 0.0310 e. The summed E-state index contributed by atoms with van der Waals surface area (Å²) in [6.07, 6.45) is 2.62. The highest BCUT2D eigenvalue weighted by molar-refractivity contribution is 4.80. The second-order valence-corrected chi connectivity index (χ2v) is 3.47. The molecule has 0 fully saturated rings. The molecule has 0 bridgehead atoms. The van der Waals surface area contributed by atoms with Gasteiger partial charge in [-0.15, -0.1) is 0 Å². The maximum absolute atomic E-state index is 8.04. The van der Waals surface area contributed by atoms with Crippen molar-refractivity contribution in [1.29, 1.82) is 0 Å². The first-order chi connectivity index (χ1) is 7.82. The van der Waals surface area contributed by atoms with Gasteiger partial charge in [-0.25, -0.2) is 0 Å². The zero-order valence-electron chi connectivity index (χ0n) is 13.3. The Labute approximate surface area is 90.0 Å². The van der Waals surface area contributed by atoms with E-state index >= 15 is 0 Å². The van der Waals surface area contributed by atoms with Crippen LogP contribution in [0, 0.1) is 11.8 Å². The van der Waals surface area contributed by atoms with E-state index in [0.29, 0.717) is 0 Å². The van der Waals surface area contributed by atoms with Gasteiger partial charge >= 0.3 is 0 Å². The van der Waals surface area contributed by atoms with Crippen LogP contribution in [0.1, 0.15) is 65.2 Å². The monoisotopic (exact) mass is 186 g/mol. The van der Waals surface area contributed by atoms with E-state index < -0.39 is 25.6 Å². The van der Waals surface area contributed by atoms with Gasteiger partial charge in [0, 0.05) is 5.48 Å². The molecule has 6 atom stereocenters. The summed E-state index contributed by atoms with van der Waals surface area (Å²) in [5.74, 6) is -0.0535. The highest BCUT2D eigenvalue weighted by Crippen LogP contribution is 2.21. The van der Waals surface area contributed by atoms with Crippen molar-refractivity contribution in [3.05, 3.63) is 12.2 Å². The third-order valence-corrected chi connectivity index (χ3v) is 2.22. The van der Waals surface area contributed by atoms with Crippen LogP contribution in [0.3, 0.4) is 0 Å². The van der Waals surface area contributed by atoms with Crippen molar-refractivity contribution in [2.45, 2.75) is 59.7 Å². The van der Waals surface area contributed by atoms with Crippen molar-refractivity contribution >= 4 is 0 Å². The van der Waals surface area contributed by atoms with Gasteiger partial charge in [-0.1, -0.05) is 52.6 Å². The van der Waals surface area contributed by atoms with Gasteiger partial charge < -0.3 is 0 Å². The molecule has 0 aromatic rings. The average molecular weight is 186 g/mol. The first-order valence-corrected chi connectivity index (χ1v) is 5.18. The van der Waals surface area contributed by atoms with Gasteiger partial charge in [0.05, 0.1) is 0 Å². The van der Waals surface area contributed by atoms with Gasteiger partial charge in [0.25, 0.3) is 0 Å². The third-order valence-electron chi connectivity index (χ3n) is 2.22. The largest absolute Gasteiger partial charge is 0.0888 e. The van der Waals surface area contributed by atoms with E-state index in [1.807, 2.05) is 26.8 Å². The molecule has 78 valence electrons. The van der Waals surface area contributed by atoms with Crippen molar-refractivity contribution in [3.8, 4) is 0 Å². The maximum Gasteiger partial charge on any atom is 0.0310 e. The minimum atomic E-state index is -0.527. The lowest BCUT2D eigenvalue weighted by atomic mass is 9.88. The number of rotatable bonds is 7. The molecular formula is C13H26. The molecule has 0 amide bonds. The van der Waals surface area contributed by atoms with Gasteiger partial charge in [-0.3, -0.25) is 0 Å². The first kappa shape index (κ1) is 7.09. The summed E-state index contributed by atoms with van der Waals surface area (Å²) < 4.78 is 31.4. The fourth-order valence-corrected chi connectivity index (χ4v) is 1.11. The average Bonchev–Trinajstić information content (AvgIpc) is 2.31. The summed E-state index contributed by atoms with van der Waals surface area (Å²) in [6.45, 7) is 7.57. The molecule has 0 nitrogen and oxygen atoms in total. The maximum atomic E-state index is 8.04. The van der Waals surface area contributed by atoms with Crippen LogP contribution in [0.5, 0.6) is 0 Å². The van der Waals surface area contributed by atoms with Crippen LogP contribution >= 0.6 is 0 Å². The van der Waals surface area contributed by atoms with Gasteiger partial charge in [-0.05, 0) is 31.1 Å². The molecule has 0 aromatic carbocycles. The molecule has 0 spiro atoms. The van der Waals surface area contributed by atoms with Crippen LogP contribution in [-0.4, -0.2) is 0 Å². The molecule has 0 N–H and O–H groups in total. The fraction of sp³-hybridized carbons (Fsp3) is 0.846. The molecule has 0 aliphatic heterocycles. The molecule has 0 saturated heterocycles. The lowest BCUT2D eigenvalue weighted by molar-refractivity contribution is 0.343. The summed E-state index contributed by atoms with van der Waals surface area (Å²) in [7, 11) is 0. The van der Waals surface area contributed by atoms with E-state index in [0.717, 1.165) is 6.42 Å². The lowest BCUT2D eigenvalue weighted by Crippen LogP contribution is -2.06. The summed E-state index contributed by atoms with van der Waals surface area (Å²) in [4.78, 5) is 0. The molecule has 0 radical (unpaired) electrons. The van der Waals surface area contributed by atoms with Crippen molar-refractivity contribution in [2.24, 2.45) is 11.8 Å². The van der Waals surface area contributed by atoms with E-state index in [2.05, 4.69) is 0 Å². The van der Waals surface area contributed by atoms with Crippen molar-refractivity contribution < 1.29 is 5.48 Å². The van der Waals surface area contributed by atoms with E-state index in [1.165, 1.54) is 0 Å². The Bertz CT molecular complexity index is 227. The standard InChI is InChI=1S/C13H26/c1-5-7-8-9-11-13(4)12(3)10-6-2/h7-8,12-13H,5-6,9-11H2,1-4H3/b8-7+/i6D,9D,10D,11D.